The minimum Gasteiger partial charge on any atom is -0.303 e. The molecule has 0 spiro atoms. The van der Waals surface area contributed by atoms with Gasteiger partial charge < -0.3 is 4.90 Å². The number of rotatable bonds is 5. The Kier molecular flexibility index (Phi) is 6.18. The zero-order chi connectivity index (χ0) is 17.9. The van der Waals surface area contributed by atoms with Crippen LogP contribution in [0.4, 0.5) is 0 Å². The lowest BCUT2D eigenvalue weighted by Crippen LogP contribution is -2.43. The van der Waals surface area contributed by atoms with E-state index >= 15 is 0 Å². The topological polar surface area (TPSA) is 40.6 Å². The Labute approximate surface area is 153 Å². The lowest BCUT2D eigenvalue weighted by atomic mass is 9.94. The van der Waals surface area contributed by atoms with Crippen molar-refractivity contribution in [1.82, 2.24) is 9.21 Å². The van der Waals surface area contributed by atoms with Crippen LogP contribution in [-0.2, 0) is 16.4 Å². The van der Waals surface area contributed by atoms with Gasteiger partial charge in [-0.1, -0.05) is 26.0 Å². The van der Waals surface area contributed by atoms with Gasteiger partial charge in [0.2, 0.25) is 10.0 Å². The van der Waals surface area contributed by atoms with Crippen LogP contribution in [0.25, 0.3) is 0 Å². The molecule has 2 fully saturated rings. The molecule has 2 saturated heterocycles. The van der Waals surface area contributed by atoms with E-state index in [2.05, 4.69) is 18.7 Å². The Balaban J connectivity index is 1.54. The molecular weight excluding hydrogens is 332 g/mol. The zero-order valence-electron chi connectivity index (χ0n) is 15.7. The third-order valence-electron chi connectivity index (χ3n) is 5.94. The maximum Gasteiger partial charge on any atom is 0.243 e. The van der Waals surface area contributed by atoms with E-state index in [0.29, 0.717) is 23.9 Å². The van der Waals surface area contributed by atoms with Crippen LogP contribution < -0.4 is 0 Å². The number of piperidine rings is 2. The van der Waals surface area contributed by atoms with Gasteiger partial charge in [-0.15, -0.1) is 0 Å². The number of nitrogens with zero attached hydrogens (tertiary/aromatic N) is 2. The first-order chi connectivity index (χ1) is 12.0. The summed E-state index contributed by atoms with van der Waals surface area (Å²) in [6.07, 6.45) is 5.51. The van der Waals surface area contributed by atoms with Gasteiger partial charge in [0.05, 0.1) is 4.90 Å². The molecule has 2 heterocycles. The molecule has 1 aromatic rings. The molecule has 2 aliphatic rings. The highest BCUT2D eigenvalue weighted by Gasteiger charge is 2.30. The summed E-state index contributed by atoms with van der Waals surface area (Å²) in [6, 6.07) is 7.37. The molecule has 0 amide bonds. The fourth-order valence-electron chi connectivity index (χ4n) is 3.99. The predicted molar refractivity (Wildman–Crippen MR) is 102 cm³/mol. The second-order valence-corrected chi connectivity index (χ2v) is 9.77. The van der Waals surface area contributed by atoms with Crippen molar-refractivity contribution in [3.05, 3.63) is 29.8 Å². The molecule has 0 atom stereocenters. The van der Waals surface area contributed by atoms with Gasteiger partial charge in [-0.3, -0.25) is 0 Å². The van der Waals surface area contributed by atoms with Gasteiger partial charge in [0.1, 0.15) is 0 Å². The van der Waals surface area contributed by atoms with Gasteiger partial charge in [0.15, 0.2) is 0 Å². The van der Waals surface area contributed by atoms with Crippen molar-refractivity contribution in [2.24, 2.45) is 11.8 Å². The highest BCUT2D eigenvalue weighted by Crippen LogP contribution is 2.26. The largest absolute Gasteiger partial charge is 0.303 e. The number of hydrogen-bond acceptors (Lipinski definition) is 3. The maximum atomic E-state index is 12.8. The van der Waals surface area contributed by atoms with E-state index in [1.165, 1.54) is 31.5 Å². The van der Waals surface area contributed by atoms with Crippen molar-refractivity contribution in [3.63, 3.8) is 0 Å². The van der Waals surface area contributed by atoms with E-state index < -0.39 is 10.0 Å². The van der Waals surface area contributed by atoms with Gasteiger partial charge in [0.25, 0.3) is 0 Å². The standard InChI is InChI=1S/C20H32N2O2S/c1-3-18-4-6-20(7-5-18)25(23,24)22-14-10-19(11-15-22)16-21-12-8-17(2)9-13-21/h4-7,17,19H,3,8-16H2,1-2H3. The van der Waals surface area contributed by atoms with Crippen LogP contribution >= 0.6 is 0 Å². The average molecular weight is 365 g/mol. The summed E-state index contributed by atoms with van der Waals surface area (Å²) in [4.78, 5) is 3.02. The molecule has 140 valence electrons. The Morgan fingerprint density at radius 2 is 1.56 bits per heavy atom. The SMILES string of the molecule is CCc1ccc(S(=O)(=O)N2CCC(CN3CCC(C)CC3)CC2)cc1. The van der Waals surface area contributed by atoms with E-state index in [-0.39, 0.29) is 0 Å². The Morgan fingerprint density at radius 3 is 2.12 bits per heavy atom. The van der Waals surface area contributed by atoms with E-state index in [9.17, 15) is 8.42 Å². The smallest absolute Gasteiger partial charge is 0.243 e. The molecule has 0 bridgehead atoms. The fraction of sp³-hybridized carbons (Fsp3) is 0.700. The van der Waals surface area contributed by atoms with Crippen molar-refractivity contribution in [2.45, 2.75) is 50.8 Å². The second-order valence-electron chi connectivity index (χ2n) is 7.83. The van der Waals surface area contributed by atoms with E-state index in [1.807, 2.05) is 12.1 Å². The van der Waals surface area contributed by atoms with Gasteiger partial charge in [0, 0.05) is 19.6 Å². The molecule has 0 unspecified atom stereocenters. The summed E-state index contributed by atoms with van der Waals surface area (Å²) < 4.78 is 27.4. The normalized spacial score (nSPS) is 22.3. The Hall–Kier alpha value is -0.910. The average Bonchev–Trinajstić information content (AvgIpc) is 2.64. The van der Waals surface area contributed by atoms with Crippen molar-refractivity contribution < 1.29 is 8.42 Å². The predicted octanol–water partition coefficient (Wildman–Crippen LogP) is 3.38. The van der Waals surface area contributed by atoms with Crippen LogP contribution in [0.1, 0.15) is 45.1 Å². The molecule has 0 aromatic heterocycles. The first-order valence-corrected chi connectivity index (χ1v) is 11.2. The fourth-order valence-corrected chi connectivity index (χ4v) is 5.46. The molecule has 0 saturated carbocycles. The molecule has 5 heteroatoms. The number of hydrogen-bond donors (Lipinski definition) is 0. The third kappa shape index (κ3) is 4.63. The molecule has 0 aliphatic carbocycles. The summed E-state index contributed by atoms with van der Waals surface area (Å²) in [7, 11) is -3.33. The van der Waals surface area contributed by atoms with Gasteiger partial charge in [-0.25, -0.2) is 8.42 Å². The molecule has 25 heavy (non-hydrogen) atoms. The molecular formula is C20H32N2O2S. The number of aryl methyl sites for hydroxylation is 1. The highest BCUT2D eigenvalue weighted by molar-refractivity contribution is 7.89. The third-order valence-corrected chi connectivity index (χ3v) is 7.85. The van der Waals surface area contributed by atoms with Crippen molar-refractivity contribution in [3.8, 4) is 0 Å². The van der Waals surface area contributed by atoms with Crippen LogP contribution in [0.15, 0.2) is 29.2 Å². The minimum atomic E-state index is -3.33. The van der Waals surface area contributed by atoms with Gasteiger partial charge in [-0.05, 0) is 74.7 Å². The maximum absolute atomic E-state index is 12.8. The van der Waals surface area contributed by atoms with E-state index in [0.717, 1.165) is 31.7 Å². The molecule has 4 nitrogen and oxygen atoms in total. The number of benzene rings is 1. The second kappa shape index (κ2) is 8.19. The van der Waals surface area contributed by atoms with Crippen LogP contribution in [0.3, 0.4) is 0 Å². The zero-order valence-corrected chi connectivity index (χ0v) is 16.5. The lowest BCUT2D eigenvalue weighted by molar-refractivity contribution is 0.142. The summed E-state index contributed by atoms with van der Waals surface area (Å²) in [5.74, 6) is 1.50. The number of likely N-dealkylation sites (tertiary alicyclic amines) is 1. The summed E-state index contributed by atoms with van der Waals surface area (Å²) in [6.45, 7) is 9.31. The summed E-state index contributed by atoms with van der Waals surface area (Å²) in [5.41, 5.74) is 1.17. The van der Waals surface area contributed by atoms with Crippen LogP contribution in [0.2, 0.25) is 0 Å². The number of sulfonamides is 1. The minimum absolute atomic E-state index is 0.438. The first kappa shape index (κ1) is 18.9. The summed E-state index contributed by atoms with van der Waals surface area (Å²) in [5, 5.41) is 0. The molecule has 2 aliphatic heterocycles. The van der Waals surface area contributed by atoms with Gasteiger partial charge >= 0.3 is 0 Å². The van der Waals surface area contributed by atoms with Crippen molar-refractivity contribution in [2.75, 3.05) is 32.7 Å². The summed E-state index contributed by atoms with van der Waals surface area (Å²) >= 11 is 0. The Bertz CT molecular complexity index is 641. The van der Waals surface area contributed by atoms with Crippen LogP contribution in [0, 0.1) is 11.8 Å². The lowest BCUT2D eigenvalue weighted by Gasteiger charge is -2.36. The van der Waals surface area contributed by atoms with Gasteiger partial charge in [-0.2, -0.15) is 4.31 Å². The molecule has 1 aromatic carbocycles. The van der Waals surface area contributed by atoms with Crippen LogP contribution in [-0.4, -0.2) is 50.3 Å². The molecule has 0 N–H and O–H groups in total. The first-order valence-electron chi connectivity index (χ1n) is 9.80. The van der Waals surface area contributed by atoms with Crippen molar-refractivity contribution in [1.29, 1.82) is 0 Å². The monoisotopic (exact) mass is 364 g/mol. The highest BCUT2D eigenvalue weighted by atomic mass is 32.2. The van der Waals surface area contributed by atoms with E-state index in [4.69, 9.17) is 0 Å². The van der Waals surface area contributed by atoms with E-state index in [1.54, 1.807) is 16.4 Å². The Morgan fingerprint density at radius 1 is 0.960 bits per heavy atom. The quantitative estimate of drug-likeness (QED) is 0.804. The van der Waals surface area contributed by atoms with Crippen LogP contribution in [0.5, 0.6) is 0 Å². The molecule has 0 radical (unpaired) electrons. The molecule has 3 rings (SSSR count). The van der Waals surface area contributed by atoms with Crippen molar-refractivity contribution >= 4 is 10.0 Å².